The average molecular weight is 474 g/mol. The van der Waals surface area contributed by atoms with Crippen LogP contribution in [0.25, 0.3) is 11.0 Å². The lowest BCUT2D eigenvalue weighted by atomic mass is 10.1. The van der Waals surface area contributed by atoms with Gasteiger partial charge in [-0.25, -0.2) is 0 Å². The van der Waals surface area contributed by atoms with Gasteiger partial charge in [0.05, 0.1) is 4.92 Å². The van der Waals surface area contributed by atoms with E-state index in [2.05, 4.69) is 16.0 Å². The van der Waals surface area contributed by atoms with Crippen LogP contribution in [-0.2, 0) is 0 Å². The number of benzene rings is 3. The first kappa shape index (κ1) is 22.6. The second-order valence-corrected chi connectivity index (χ2v) is 7.71. The zero-order chi connectivity index (χ0) is 24.2. The Labute approximate surface area is 198 Å². The van der Waals surface area contributed by atoms with Crippen molar-refractivity contribution in [3.05, 3.63) is 99.8 Å². The Morgan fingerprint density at radius 2 is 1.62 bits per heavy atom. The van der Waals surface area contributed by atoms with Gasteiger partial charge in [-0.05, 0) is 55.5 Å². The number of carbonyl (C=O) groups is 2. The zero-order valence-electron chi connectivity index (χ0n) is 17.8. The van der Waals surface area contributed by atoms with Gasteiger partial charge in [-0.3, -0.25) is 25.0 Å². The lowest BCUT2D eigenvalue weighted by Crippen LogP contribution is -2.34. The summed E-state index contributed by atoms with van der Waals surface area (Å²) in [7, 11) is 0. The van der Waals surface area contributed by atoms with E-state index in [1.165, 1.54) is 25.1 Å². The highest BCUT2D eigenvalue weighted by Crippen LogP contribution is 2.22. The summed E-state index contributed by atoms with van der Waals surface area (Å²) in [5.41, 5.74) is 1.85. The van der Waals surface area contributed by atoms with Gasteiger partial charge in [-0.1, -0.05) is 30.3 Å². The molecule has 0 bridgehead atoms. The summed E-state index contributed by atoms with van der Waals surface area (Å²) < 4.78 is 5.58. The van der Waals surface area contributed by atoms with E-state index < -0.39 is 16.7 Å². The van der Waals surface area contributed by atoms with E-state index in [4.69, 9.17) is 16.6 Å². The first-order chi connectivity index (χ1) is 16.3. The van der Waals surface area contributed by atoms with Crippen molar-refractivity contribution in [1.29, 1.82) is 0 Å². The summed E-state index contributed by atoms with van der Waals surface area (Å²) >= 11 is 5.21. The smallest absolute Gasteiger partial charge is 0.291 e. The predicted octanol–water partition coefficient (Wildman–Crippen LogP) is 5.03. The van der Waals surface area contributed by atoms with Crippen molar-refractivity contribution < 1.29 is 18.9 Å². The van der Waals surface area contributed by atoms with Gasteiger partial charge in [0.2, 0.25) is 0 Å². The maximum absolute atomic E-state index is 12.6. The summed E-state index contributed by atoms with van der Waals surface area (Å²) in [6, 6.07) is 19.9. The van der Waals surface area contributed by atoms with Crippen LogP contribution in [0.15, 0.2) is 77.2 Å². The molecule has 4 aromatic rings. The van der Waals surface area contributed by atoms with Crippen LogP contribution in [0, 0.1) is 17.0 Å². The van der Waals surface area contributed by atoms with Crippen LogP contribution < -0.4 is 16.0 Å². The van der Waals surface area contributed by atoms with E-state index in [0.29, 0.717) is 17.0 Å². The van der Waals surface area contributed by atoms with Gasteiger partial charge < -0.3 is 15.1 Å². The molecule has 0 spiro atoms. The molecule has 170 valence electrons. The lowest BCUT2D eigenvalue weighted by molar-refractivity contribution is -0.385. The normalized spacial score (nSPS) is 10.5. The molecule has 0 aliphatic carbocycles. The number of amides is 2. The number of nitrogens with one attached hydrogen (secondary N) is 3. The van der Waals surface area contributed by atoms with Crippen molar-refractivity contribution in [3.63, 3.8) is 0 Å². The molecule has 3 N–H and O–H groups in total. The molecule has 0 radical (unpaired) electrons. The molecule has 0 saturated carbocycles. The molecule has 0 aliphatic heterocycles. The quantitative estimate of drug-likeness (QED) is 0.210. The third-order valence-corrected chi connectivity index (χ3v) is 5.21. The van der Waals surface area contributed by atoms with E-state index >= 15 is 0 Å². The van der Waals surface area contributed by atoms with E-state index in [0.717, 1.165) is 5.39 Å². The minimum absolute atomic E-state index is 0.00309. The number of rotatable bonds is 5. The minimum atomic E-state index is -0.576. The van der Waals surface area contributed by atoms with E-state index in [-0.39, 0.29) is 27.7 Å². The van der Waals surface area contributed by atoms with Crippen LogP contribution in [0.5, 0.6) is 0 Å². The third kappa shape index (κ3) is 4.92. The van der Waals surface area contributed by atoms with Crippen molar-refractivity contribution in [2.75, 3.05) is 10.6 Å². The molecular formula is C24H18N4O5S. The average Bonchev–Trinajstić information content (AvgIpc) is 3.23. The summed E-state index contributed by atoms with van der Waals surface area (Å²) in [6.07, 6.45) is 0. The Bertz CT molecular complexity index is 1410. The topological polar surface area (TPSA) is 127 Å². The summed E-state index contributed by atoms with van der Waals surface area (Å²) in [5.74, 6) is -0.812. The van der Waals surface area contributed by atoms with Gasteiger partial charge >= 0.3 is 0 Å². The second kappa shape index (κ2) is 9.51. The van der Waals surface area contributed by atoms with E-state index in [9.17, 15) is 19.7 Å². The van der Waals surface area contributed by atoms with Crippen molar-refractivity contribution in [2.45, 2.75) is 6.92 Å². The van der Waals surface area contributed by atoms with Crippen LogP contribution in [0.3, 0.4) is 0 Å². The Kier molecular flexibility index (Phi) is 6.33. The number of nitro benzene ring substituents is 1. The van der Waals surface area contributed by atoms with Crippen LogP contribution in [0.1, 0.15) is 26.5 Å². The number of carbonyl (C=O) groups excluding carboxylic acids is 2. The van der Waals surface area contributed by atoms with Crippen LogP contribution >= 0.6 is 12.2 Å². The Morgan fingerprint density at radius 3 is 2.35 bits per heavy atom. The van der Waals surface area contributed by atoms with E-state index in [1.807, 2.05) is 18.2 Å². The number of furan rings is 1. The number of anilines is 2. The molecule has 2 amide bonds. The zero-order valence-corrected chi connectivity index (χ0v) is 18.6. The fourth-order valence-electron chi connectivity index (χ4n) is 3.36. The van der Waals surface area contributed by atoms with Crippen molar-refractivity contribution >= 4 is 57.2 Å². The molecule has 0 aliphatic rings. The van der Waals surface area contributed by atoms with Gasteiger partial charge in [0.15, 0.2) is 10.9 Å². The highest BCUT2D eigenvalue weighted by Gasteiger charge is 2.19. The number of fused-ring (bicyclic) bond motifs is 1. The highest BCUT2D eigenvalue weighted by atomic mass is 32.1. The Hall–Kier alpha value is -4.57. The Morgan fingerprint density at radius 1 is 0.912 bits per heavy atom. The molecule has 0 atom stereocenters. The third-order valence-electron chi connectivity index (χ3n) is 5.00. The van der Waals surface area contributed by atoms with Gasteiger partial charge in [0.1, 0.15) is 5.58 Å². The monoisotopic (exact) mass is 474 g/mol. The van der Waals surface area contributed by atoms with Crippen LogP contribution in [0.2, 0.25) is 0 Å². The number of para-hydroxylation sites is 1. The molecule has 1 aromatic heterocycles. The molecule has 9 nitrogen and oxygen atoms in total. The number of hydrogen-bond acceptors (Lipinski definition) is 6. The molecule has 0 fully saturated rings. The number of nitro groups is 1. The molecule has 10 heteroatoms. The predicted molar refractivity (Wildman–Crippen MR) is 132 cm³/mol. The fourth-order valence-corrected chi connectivity index (χ4v) is 3.57. The molecule has 34 heavy (non-hydrogen) atoms. The fraction of sp³-hybridized carbons (Fsp3) is 0.0417. The summed E-state index contributed by atoms with van der Waals surface area (Å²) in [5, 5.41) is 20.1. The number of hydrogen-bond donors (Lipinski definition) is 3. The molecule has 4 rings (SSSR count). The van der Waals surface area contributed by atoms with Crippen molar-refractivity contribution in [3.8, 4) is 0 Å². The largest absolute Gasteiger partial charge is 0.451 e. The lowest BCUT2D eigenvalue weighted by Gasteiger charge is -2.12. The summed E-state index contributed by atoms with van der Waals surface area (Å²) in [6.45, 7) is 1.50. The SMILES string of the molecule is Cc1c(C(=O)NC(=S)Nc2cccc(NC(=O)c3cc4ccccc4o3)c2)cccc1[N+](=O)[O-]. The minimum Gasteiger partial charge on any atom is -0.451 e. The number of nitrogens with zero attached hydrogens (tertiary/aromatic N) is 1. The van der Waals surface area contributed by atoms with Gasteiger partial charge in [-0.15, -0.1) is 0 Å². The van der Waals surface area contributed by atoms with E-state index in [1.54, 1.807) is 36.4 Å². The molecular weight excluding hydrogens is 456 g/mol. The maximum Gasteiger partial charge on any atom is 0.291 e. The second-order valence-electron chi connectivity index (χ2n) is 7.30. The molecule has 1 heterocycles. The summed E-state index contributed by atoms with van der Waals surface area (Å²) in [4.78, 5) is 35.7. The van der Waals surface area contributed by atoms with Gasteiger partial charge in [0, 0.05) is 34.0 Å². The maximum atomic E-state index is 12.6. The highest BCUT2D eigenvalue weighted by molar-refractivity contribution is 7.80. The van der Waals surface area contributed by atoms with Gasteiger partial charge in [-0.2, -0.15) is 0 Å². The van der Waals surface area contributed by atoms with Crippen LogP contribution in [0.4, 0.5) is 17.1 Å². The first-order valence-electron chi connectivity index (χ1n) is 10.1. The Balaban J connectivity index is 1.41. The van der Waals surface area contributed by atoms with Crippen molar-refractivity contribution in [1.82, 2.24) is 5.32 Å². The molecule has 3 aromatic carbocycles. The standard InChI is InChI=1S/C24H18N4O5S/c1-14-18(9-5-10-19(14)28(31)32)22(29)27-24(34)26-17-8-4-7-16(13-17)25-23(30)21-12-15-6-2-3-11-20(15)33-21/h2-13H,1H3,(H,25,30)(H2,26,27,29,34). The number of thiocarbonyl (C=S) groups is 1. The molecule has 0 unspecified atom stereocenters. The van der Waals surface area contributed by atoms with Crippen LogP contribution in [-0.4, -0.2) is 21.9 Å². The first-order valence-corrected chi connectivity index (χ1v) is 10.5. The van der Waals surface area contributed by atoms with Gasteiger partial charge in [0.25, 0.3) is 17.5 Å². The van der Waals surface area contributed by atoms with Crippen molar-refractivity contribution in [2.24, 2.45) is 0 Å². The molecule has 0 saturated heterocycles.